The van der Waals surface area contributed by atoms with Crippen LogP contribution in [0, 0.1) is 6.92 Å². The first-order valence-electron chi connectivity index (χ1n) is 8.06. The van der Waals surface area contributed by atoms with Crippen molar-refractivity contribution in [2.24, 2.45) is 0 Å². The Hall–Kier alpha value is -2.31. The Kier molecular flexibility index (Phi) is 5.20. The van der Waals surface area contributed by atoms with E-state index in [2.05, 4.69) is 0 Å². The Labute approximate surface area is 153 Å². The van der Waals surface area contributed by atoms with Gasteiger partial charge in [-0.3, -0.25) is 4.79 Å². The molecule has 0 saturated carbocycles. The molecule has 2 aromatic carbocycles. The van der Waals surface area contributed by atoms with Gasteiger partial charge in [-0.15, -0.1) is 0 Å². The number of hydrogen-bond donors (Lipinski definition) is 0. The summed E-state index contributed by atoms with van der Waals surface area (Å²) in [6.45, 7) is 7.45. The number of halogens is 6. The second-order valence-electron chi connectivity index (χ2n) is 7.40. The fraction of sp³-hybridized carbons (Fsp3) is 0.350. The SMILES string of the molecule is Cc1cc(C(C)(C)C)ccc1C(=O)c1cc(C(F)(F)F)cc(C(F)(F)F)c1. The molecule has 0 radical (unpaired) electrons. The molecule has 0 bridgehead atoms. The van der Waals surface area contributed by atoms with Crippen LogP contribution in [0.25, 0.3) is 0 Å². The van der Waals surface area contributed by atoms with E-state index < -0.39 is 34.8 Å². The van der Waals surface area contributed by atoms with Gasteiger partial charge in [0.1, 0.15) is 0 Å². The minimum Gasteiger partial charge on any atom is -0.289 e. The van der Waals surface area contributed by atoms with Crippen LogP contribution in [0.15, 0.2) is 36.4 Å². The second kappa shape index (κ2) is 6.69. The Morgan fingerprint density at radius 3 is 1.59 bits per heavy atom. The highest BCUT2D eigenvalue weighted by atomic mass is 19.4. The van der Waals surface area contributed by atoms with Crippen LogP contribution in [0.4, 0.5) is 26.3 Å². The molecule has 2 aromatic rings. The van der Waals surface area contributed by atoms with E-state index in [1.165, 1.54) is 6.07 Å². The van der Waals surface area contributed by atoms with Crippen molar-refractivity contribution in [3.63, 3.8) is 0 Å². The summed E-state index contributed by atoms with van der Waals surface area (Å²) in [4.78, 5) is 12.7. The van der Waals surface area contributed by atoms with Crippen molar-refractivity contribution in [2.45, 2.75) is 45.5 Å². The van der Waals surface area contributed by atoms with Gasteiger partial charge in [0.05, 0.1) is 11.1 Å². The maximum Gasteiger partial charge on any atom is 0.416 e. The highest BCUT2D eigenvalue weighted by Gasteiger charge is 2.37. The third kappa shape index (κ3) is 4.70. The molecule has 27 heavy (non-hydrogen) atoms. The molecular formula is C20H18F6O. The molecule has 0 aliphatic carbocycles. The molecule has 146 valence electrons. The Bertz CT molecular complexity index is 837. The largest absolute Gasteiger partial charge is 0.416 e. The zero-order chi connectivity index (χ0) is 20.8. The van der Waals surface area contributed by atoms with E-state index in [9.17, 15) is 31.1 Å². The highest BCUT2D eigenvalue weighted by Crippen LogP contribution is 2.37. The van der Waals surface area contributed by atoms with Crippen molar-refractivity contribution < 1.29 is 31.1 Å². The molecule has 1 nitrogen and oxygen atoms in total. The maximum absolute atomic E-state index is 13.0. The predicted molar refractivity (Wildman–Crippen MR) is 89.8 cm³/mol. The Morgan fingerprint density at radius 1 is 0.741 bits per heavy atom. The summed E-state index contributed by atoms with van der Waals surface area (Å²) < 4.78 is 77.9. The lowest BCUT2D eigenvalue weighted by molar-refractivity contribution is -0.143. The van der Waals surface area contributed by atoms with Gasteiger partial charge in [-0.25, -0.2) is 0 Å². The minimum atomic E-state index is -5.00. The smallest absolute Gasteiger partial charge is 0.289 e. The third-order valence-corrected chi connectivity index (χ3v) is 4.19. The van der Waals surface area contributed by atoms with Crippen molar-refractivity contribution in [2.75, 3.05) is 0 Å². The van der Waals surface area contributed by atoms with Crippen LogP contribution < -0.4 is 0 Å². The average molecular weight is 388 g/mol. The van der Waals surface area contributed by atoms with Gasteiger partial charge < -0.3 is 0 Å². The van der Waals surface area contributed by atoms with E-state index in [-0.39, 0.29) is 17.0 Å². The lowest BCUT2D eigenvalue weighted by Crippen LogP contribution is -2.15. The number of benzene rings is 2. The van der Waals surface area contributed by atoms with Gasteiger partial charge in [0, 0.05) is 11.1 Å². The van der Waals surface area contributed by atoms with Crippen LogP contribution >= 0.6 is 0 Å². The molecule has 0 atom stereocenters. The van der Waals surface area contributed by atoms with E-state index >= 15 is 0 Å². The summed E-state index contributed by atoms with van der Waals surface area (Å²) in [7, 11) is 0. The van der Waals surface area contributed by atoms with Gasteiger partial charge in [0.15, 0.2) is 5.78 Å². The van der Waals surface area contributed by atoms with E-state index in [1.807, 2.05) is 20.8 Å². The molecule has 0 aliphatic rings. The van der Waals surface area contributed by atoms with E-state index in [0.29, 0.717) is 17.7 Å². The predicted octanol–water partition coefficient (Wildman–Crippen LogP) is 6.56. The van der Waals surface area contributed by atoms with Crippen LogP contribution in [0.1, 0.15) is 58.9 Å². The molecule has 0 heterocycles. The first kappa shape index (κ1) is 21.0. The van der Waals surface area contributed by atoms with Crippen molar-refractivity contribution in [1.29, 1.82) is 0 Å². The van der Waals surface area contributed by atoms with Crippen molar-refractivity contribution in [3.8, 4) is 0 Å². The van der Waals surface area contributed by atoms with E-state index in [1.54, 1.807) is 19.1 Å². The van der Waals surface area contributed by atoms with Gasteiger partial charge in [0.25, 0.3) is 0 Å². The molecule has 7 heteroatoms. The van der Waals surface area contributed by atoms with Gasteiger partial charge >= 0.3 is 12.4 Å². The van der Waals surface area contributed by atoms with Gasteiger partial charge in [0.2, 0.25) is 0 Å². The van der Waals surface area contributed by atoms with E-state index in [4.69, 9.17) is 0 Å². The topological polar surface area (TPSA) is 17.1 Å². The number of carbonyl (C=O) groups excluding carboxylic acids is 1. The molecule has 0 fully saturated rings. The number of rotatable bonds is 2. The fourth-order valence-electron chi connectivity index (χ4n) is 2.63. The summed E-state index contributed by atoms with van der Waals surface area (Å²) in [5.74, 6) is -0.885. The third-order valence-electron chi connectivity index (χ3n) is 4.19. The fourth-order valence-corrected chi connectivity index (χ4v) is 2.63. The van der Waals surface area contributed by atoms with Crippen LogP contribution in [-0.4, -0.2) is 5.78 Å². The number of alkyl halides is 6. The van der Waals surface area contributed by atoms with Crippen LogP contribution in [0.2, 0.25) is 0 Å². The number of carbonyl (C=O) groups is 1. The summed E-state index contributed by atoms with van der Waals surface area (Å²) in [5.41, 5.74) is -2.44. The molecule has 0 N–H and O–H groups in total. The number of ketones is 1. The minimum absolute atomic E-state index is 0.00629. The number of hydrogen-bond acceptors (Lipinski definition) is 1. The van der Waals surface area contributed by atoms with Gasteiger partial charge in [-0.2, -0.15) is 26.3 Å². The van der Waals surface area contributed by atoms with Crippen molar-refractivity contribution in [1.82, 2.24) is 0 Å². The molecular weight excluding hydrogens is 370 g/mol. The molecule has 0 saturated heterocycles. The quantitative estimate of drug-likeness (QED) is 0.421. The van der Waals surface area contributed by atoms with Gasteiger partial charge in [-0.1, -0.05) is 39.0 Å². The summed E-state index contributed by atoms with van der Waals surface area (Å²) in [5, 5.41) is 0. The standard InChI is InChI=1S/C20H18F6O/c1-11-7-13(18(2,3)4)5-6-16(11)17(27)12-8-14(19(21,22)23)10-15(9-12)20(24,25)26/h5-10H,1-4H3. The number of aryl methyl sites for hydroxylation is 1. The lowest BCUT2D eigenvalue weighted by Gasteiger charge is -2.20. The van der Waals surface area contributed by atoms with Gasteiger partial charge in [-0.05, 0) is 41.7 Å². The van der Waals surface area contributed by atoms with Crippen molar-refractivity contribution >= 4 is 5.78 Å². The molecule has 0 aliphatic heterocycles. The summed E-state index contributed by atoms with van der Waals surface area (Å²) in [6.07, 6.45) is -10.00. The zero-order valence-electron chi connectivity index (χ0n) is 15.1. The normalized spacial score (nSPS) is 13.0. The Morgan fingerprint density at radius 2 is 1.22 bits per heavy atom. The molecule has 2 rings (SSSR count). The first-order valence-corrected chi connectivity index (χ1v) is 8.06. The molecule has 0 spiro atoms. The zero-order valence-corrected chi connectivity index (χ0v) is 15.1. The molecule has 0 aromatic heterocycles. The average Bonchev–Trinajstić information content (AvgIpc) is 2.51. The van der Waals surface area contributed by atoms with Crippen molar-refractivity contribution in [3.05, 3.63) is 69.8 Å². The maximum atomic E-state index is 13.0. The van der Waals surface area contributed by atoms with E-state index in [0.717, 1.165) is 5.56 Å². The summed E-state index contributed by atoms with van der Waals surface area (Å²) >= 11 is 0. The molecule has 0 amide bonds. The van der Waals surface area contributed by atoms with Crippen LogP contribution in [-0.2, 0) is 17.8 Å². The van der Waals surface area contributed by atoms with Crippen LogP contribution in [0.5, 0.6) is 0 Å². The Balaban J connectivity index is 2.59. The lowest BCUT2D eigenvalue weighted by atomic mass is 9.84. The monoisotopic (exact) mass is 388 g/mol. The first-order chi connectivity index (χ1) is 12.1. The molecule has 0 unspecified atom stereocenters. The van der Waals surface area contributed by atoms with Crippen LogP contribution in [0.3, 0.4) is 0 Å². The second-order valence-corrected chi connectivity index (χ2v) is 7.40. The summed E-state index contributed by atoms with van der Waals surface area (Å²) in [6, 6.07) is 5.71. The highest BCUT2D eigenvalue weighted by molar-refractivity contribution is 6.10.